The van der Waals surface area contributed by atoms with Crippen LogP contribution in [0.2, 0.25) is 0 Å². The summed E-state index contributed by atoms with van der Waals surface area (Å²) in [4.78, 5) is 23.8. The molecule has 1 aromatic rings. The van der Waals surface area contributed by atoms with Crippen molar-refractivity contribution in [3.05, 3.63) is 18.0 Å². The van der Waals surface area contributed by atoms with Crippen LogP contribution in [0, 0.1) is 0 Å². The van der Waals surface area contributed by atoms with Crippen LogP contribution in [-0.4, -0.2) is 34.3 Å². The lowest BCUT2D eigenvalue weighted by Crippen LogP contribution is -2.40. The molecule has 0 spiro atoms. The summed E-state index contributed by atoms with van der Waals surface area (Å²) < 4.78 is 6.41. The van der Waals surface area contributed by atoms with Gasteiger partial charge in [0.1, 0.15) is 6.04 Å². The third kappa shape index (κ3) is 4.06. The van der Waals surface area contributed by atoms with E-state index >= 15 is 0 Å². The number of carbonyl (C=O) groups excluding carboxylic acids is 2. The molecule has 1 N–H and O–H groups in total. The van der Waals surface area contributed by atoms with E-state index in [2.05, 4.69) is 10.4 Å². The van der Waals surface area contributed by atoms with E-state index in [1.54, 1.807) is 20.0 Å². The number of rotatable bonds is 5. The molecule has 0 bridgehead atoms. The first kappa shape index (κ1) is 15.5. The quantitative estimate of drug-likeness (QED) is 0.843. The molecule has 0 aromatic carbocycles. The molecular weight excluding hydrogens is 270 g/mol. The summed E-state index contributed by atoms with van der Waals surface area (Å²) >= 11 is 0. The predicted molar refractivity (Wildman–Crippen MR) is 77.9 cm³/mol. The standard InChI is InChI=1S/C15H23N3O3/c1-3-21-15(20)12-9-16-18(10-12)11(2)14(19)17-13-7-5-4-6-8-13/h9-11,13H,3-8H2,1-2H3,(H,17,19). The van der Waals surface area contributed by atoms with Gasteiger partial charge in [0.05, 0.1) is 18.4 Å². The fourth-order valence-corrected chi connectivity index (χ4v) is 2.56. The summed E-state index contributed by atoms with van der Waals surface area (Å²) in [5, 5.41) is 7.15. The summed E-state index contributed by atoms with van der Waals surface area (Å²) in [7, 11) is 0. The smallest absolute Gasteiger partial charge is 0.341 e. The molecule has 6 nitrogen and oxygen atoms in total. The van der Waals surface area contributed by atoms with E-state index in [1.807, 2.05) is 0 Å². The molecule has 116 valence electrons. The van der Waals surface area contributed by atoms with Gasteiger partial charge in [-0.1, -0.05) is 19.3 Å². The third-order valence-corrected chi connectivity index (χ3v) is 3.84. The van der Waals surface area contributed by atoms with Crippen LogP contribution >= 0.6 is 0 Å². The van der Waals surface area contributed by atoms with Crippen molar-refractivity contribution in [2.45, 2.75) is 58.0 Å². The second kappa shape index (κ2) is 7.24. The minimum Gasteiger partial charge on any atom is -0.462 e. The molecule has 1 amide bonds. The number of esters is 1. The molecule has 1 fully saturated rings. The van der Waals surface area contributed by atoms with E-state index in [4.69, 9.17) is 4.74 Å². The Bertz CT molecular complexity index is 492. The Morgan fingerprint density at radius 1 is 1.43 bits per heavy atom. The van der Waals surface area contributed by atoms with Crippen molar-refractivity contribution < 1.29 is 14.3 Å². The van der Waals surface area contributed by atoms with Gasteiger partial charge in [-0.15, -0.1) is 0 Å². The first-order valence-corrected chi connectivity index (χ1v) is 7.63. The van der Waals surface area contributed by atoms with Crippen molar-refractivity contribution in [1.82, 2.24) is 15.1 Å². The van der Waals surface area contributed by atoms with Gasteiger partial charge in [0.2, 0.25) is 5.91 Å². The average molecular weight is 293 g/mol. The van der Waals surface area contributed by atoms with Gasteiger partial charge in [-0.2, -0.15) is 5.10 Å². The van der Waals surface area contributed by atoms with Gasteiger partial charge in [0.15, 0.2) is 0 Å². The van der Waals surface area contributed by atoms with Gasteiger partial charge in [0.25, 0.3) is 0 Å². The normalized spacial score (nSPS) is 17.2. The van der Waals surface area contributed by atoms with Crippen LogP contribution in [0.15, 0.2) is 12.4 Å². The lowest BCUT2D eigenvalue weighted by molar-refractivity contribution is -0.125. The zero-order valence-electron chi connectivity index (χ0n) is 12.7. The minimum atomic E-state index is -0.435. The minimum absolute atomic E-state index is 0.0552. The molecule has 2 rings (SSSR count). The lowest BCUT2D eigenvalue weighted by Gasteiger charge is -2.24. The number of hydrogen-bond acceptors (Lipinski definition) is 4. The highest BCUT2D eigenvalue weighted by Gasteiger charge is 2.22. The fraction of sp³-hybridized carbons (Fsp3) is 0.667. The van der Waals surface area contributed by atoms with Crippen molar-refractivity contribution in [1.29, 1.82) is 0 Å². The monoisotopic (exact) mass is 293 g/mol. The van der Waals surface area contributed by atoms with Crippen LogP contribution in [0.1, 0.15) is 62.4 Å². The summed E-state index contributed by atoms with van der Waals surface area (Å²) in [5.74, 6) is -0.468. The molecule has 1 aliphatic rings. The zero-order valence-corrected chi connectivity index (χ0v) is 12.7. The molecule has 0 saturated heterocycles. The summed E-state index contributed by atoms with van der Waals surface area (Å²) in [5.41, 5.74) is 0.370. The molecule has 1 heterocycles. The SMILES string of the molecule is CCOC(=O)c1cnn(C(C)C(=O)NC2CCCCC2)c1. The molecule has 1 atom stereocenters. The van der Waals surface area contributed by atoms with Crippen LogP contribution in [0.5, 0.6) is 0 Å². The Morgan fingerprint density at radius 2 is 2.14 bits per heavy atom. The average Bonchev–Trinajstić information content (AvgIpc) is 2.97. The van der Waals surface area contributed by atoms with Gasteiger partial charge in [-0.25, -0.2) is 4.79 Å². The Labute approximate surface area is 124 Å². The van der Waals surface area contributed by atoms with E-state index in [9.17, 15) is 9.59 Å². The van der Waals surface area contributed by atoms with Crippen molar-refractivity contribution in [3.63, 3.8) is 0 Å². The van der Waals surface area contributed by atoms with Gasteiger partial charge in [-0.05, 0) is 26.7 Å². The van der Waals surface area contributed by atoms with Crippen LogP contribution in [-0.2, 0) is 9.53 Å². The molecule has 6 heteroatoms. The number of hydrogen-bond donors (Lipinski definition) is 1. The van der Waals surface area contributed by atoms with Gasteiger partial charge in [0, 0.05) is 12.2 Å². The van der Waals surface area contributed by atoms with Crippen molar-refractivity contribution in [3.8, 4) is 0 Å². The van der Waals surface area contributed by atoms with Crippen molar-refractivity contribution in [2.75, 3.05) is 6.61 Å². The second-order valence-electron chi connectivity index (χ2n) is 5.45. The summed E-state index contributed by atoms with van der Waals surface area (Å²) in [6.45, 7) is 3.85. The second-order valence-corrected chi connectivity index (χ2v) is 5.45. The summed E-state index contributed by atoms with van der Waals surface area (Å²) in [6, 6.07) is -0.163. The fourth-order valence-electron chi connectivity index (χ4n) is 2.56. The lowest BCUT2D eigenvalue weighted by atomic mass is 9.95. The Morgan fingerprint density at radius 3 is 2.81 bits per heavy atom. The third-order valence-electron chi connectivity index (χ3n) is 3.84. The van der Waals surface area contributed by atoms with Gasteiger partial charge >= 0.3 is 5.97 Å². The maximum atomic E-state index is 12.2. The van der Waals surface area contributed by atoms with E-state index in [0.29, 0.717) is 12.2 Å². The number of carbonyl (C=O) groups is 2. The zero-order chi connectivity index (χ0) is 15.2. The number of amides is 1. The number of ether oxygens (including phenoxy) is 1. The maximum Gasteiger partial charge on any atom is 0.341 e. The predicted octanol–water partition coefficient (Wildman–Crippen LogP) is 2.07. The highest BCUT2D eigenvalue weighted by molar-refractivity contribution is 5.89. The highest BCUT2D eigenvalue weighted by atomic mass is 16.5. The Balaban J connectivity index is 1.93. The molecular formula is C15H23N3O3. The summed E-state index contributed by atoms with van der Waals surface area (Å²) in [6.07, 6.45) is 8.69. The first-order valence-electron chi connectivity index (χ1n) is 7.63. The molecule has 1 aromatic heterocycles. The van der Waals surface area contributed by atoms with E-state index in [1.165, 1.54) is 30.1 Å². The largest absolute Gasteiger partial charge is 0.462 e. The van der Waals surface area contributed by atoms with Crippen molar-refractivity contribution in [2.24, 2.45) is 0 Å². The van der Waals surface area contributed by atoms with Crippen LogP contribution in [0.4, 0.5) is 0 Å². The van der Waals surface area contributed by atoms with E-state index in [-0.39, 0.29) is 11.9 Å². The Kier molecular flexibility index (Phi) is 5.36. The van der Waals surface area contributed by atoms with Gasteiger partial charge in [-0.3, -0.25) is 9.48 Å². The molecule has 0 radical (unpaired) electrons. The first-order chi connectivity index (χ1) is 10.1. The molecule has 0 aliphatic heterocycles. The molecule has 21 heavy (non-hydrogen) atoms. The number of aromatic nitrogens is 2. The van der Waals surface area contributed by atoms with E-state index in [0.717, 1.165) is 12.8 Å². The maximum absolute atomic E-state index is 12.2. The number of nitrogens with one attached hydrogen (secondary N) is 1. The van der Waals surface area contributed by atoms with Crippen LogP contribution in [0.25, 0.3) is 0 Å². The highest BCUT2D eigenvalue weighted by Crippen LogP contribution is 2.18. The topological polar surface area (TPSA) is 73.2 Å². The van der Waals surface area contributed by atoms with E-state index < -0.39 is 12.0 Å². The number of nitrogens with zero attached hydrogens (tertiary/aromatic N) is 2. The van der Waals surface area contributed by atoms with Gasteiger partial charge < -0.3 is 10.1 Å². The van der Waals surface area contributed by atoms with Crippen LogP contribution < -0.4 is 5.32 Å². The molecule has 1 unspecified atom stereocenters. The molecule has 1 aliphatic carbocycles. The molecule has 1 saturated carbocycles. The van der Waals surface area contributed by atoms with Crippen molar-refractivity contribution >= 4 is 11.9 Å². The van der Waals surface area contributed by atoms with Crippen LogP contribution in [0.3, 0.4) is 0 Å². The Hall–Kier alpha value is -1.85.